The molecule has 1 aromatic heterocycles. The molecule has 312 valence electrons. The number of hydrogen-bond acceptors (Lipinski definition) is 14. The number of ether oxygens (including phenoxy) is 4. The van der Waals surface area contributed by atoms with Gasteiger partial charge in [0.2, 0.25) is 0 Å². The van der Waals surface area contributed by atoms with Gasteiger partial charge in [-0.3, -0.25) is 9.59 Å². The first-order valence-electron chi connectivity index (χ1n) is 17.5. The van der Waals surface area contributed by atoms with E-state index in [0.29, 0.717) is 40.0 Å². The summed E-state index contributed by atoms with van der Waals surface area (Å²) in [6.07, 6.45) is -0.371. The number of amides is 2. The van der Waals surface area contributed by atoms with E-state index in [1.807, 2.05) is 4.72 Å². The number of hydrogen-bond donors (Lipinski definition) is 6. The third-order valence-corrected chi connectivity index (χ3v) is 12.4. The van der Waals surface area contributed by atoms with E-state index in [1.165, 1.54) is 32.4 Å². The minimum Gasteiger partial charge on any atom is -0.504 e. The molecular weight excluding hydrogens is 835 g/mol. The Hall–Kier alpha value is -6.10. The van der Waals surface area contributed by atoms with Crippen LogP contribution in [-0.4, -0.2) is 82.1 Å². The lowest BCUT2D eigenvalue weighted by molar-refractivity contribution is 0.0942. The monoisotopic (exact) mass is 872 g/mol. The molecule has 5 rings (SSSR count). The van der Waals surface area contributed by atoms with Crippen LogP contribution in [0.15, 0.2) is 77.0 Å². The van der Waals surface area contributed by atoms with E-state index in [-0.39, 0.29) is 70.5 Å². The van der Waals surface area contributed by atoms with Crippen molar-refractivity contribution in [1.82, 2.24) is 15.4 Å². The zero-order valence-electron chi connectivity index (χ0n) is 31.4. The van der Waals surface area contributed by atoms with Crippen molar-refractivity contribution in [2.75, 3.05) is 46.8 Å². The molecule has 5 aromatic rings. The Morgan fingerprint density at radius 2 is 1.44 bits per heavy atom. The van der Waals surface area contributed by atoms with Crippen molar-refractivity contribution in [3.8, 4) is 46.3 Å². The number of carbonyl (C=O) groups is 2. The second kappa shape index (κ2) is 19.6. The first-order valence-corrected chi connectivity index (χ1v) is 21.5. The first kappa shape index (κ1) is 44.0. The van der Waals surface area contributed by atoms with Crippen molar-refractivity contribution in [2.45, 2.75) is 17.1 Å². The number of aromatic hydroxyl groups is 2. The molecule has 0 saturated heterocycles. The van der Waals surface area contributed by atoms with Gasteiger partial charge >= 0.3 is 7.60 Å². The van der Waals surface area contributed by atoms with Gasteiger partial charge in [0, 0.05) is 41.0 Å². The molecule has 0 bridgehead atoms. The summed E-state index contributed by atoms with van der Waals surface area (Å²) in [6, 6.07) is 17.4. The van der Waals surface area contributed by atoms with Crippen molar-refractivity contribution < 1.29 is 65.5 Å². The van der Waals surface area contributed by atoms with Crippen LogP contribution in [0.3, 0.4) is 0 Å². The summed E-state index contributed by atoms with van der Waals surface area (Å²) in [5.74, 6) is -1.66. The standard InChI is InChI=1S/C38H38FN4O13PS2/c1-52-31-10-7-24(16-32(31)53-2)38(47)42-12-4-14-55-34-20-35-26(17-33(34)54-13-3-11-41-37(46)23-6-9-29(44)30(45)15-23)18-36(58-35)59(50,51)43-22-57(48,49)56-27-8-5-25(21-40)28(39)19-27/h5-10,15-20,43-45H,3-4,11-14,22H2,1-2H3,(H,41,46)(H,42,47)(H,48,49). The molecule has 0 saturated carbocycles. The lowest BCUT2D eigenvalue weighted by Crippen LogP contribution is -2.25. The van der Waals surface area contributed by atoms with Gasteiger partial charge in [-0.15, -0.1) is 11.3 Å². The number of phenolic OH excluding ortho intramolecular Hbond substituents is 2. The molecule has 1 unspecified atom stereocenters. The summed E-state index contributed by atoms with van der Waals surface area (Å²) in [5.41, 5.74) is 0.179. The minimum absolute atomic E-state index is 0.0795. The van der Waals surface area contributed by atoms with Gasteiger partial charge in [-0.1, -0.05) is 0 Å². The van der Waals surface area contributed by atoms with Crippen LogP contribution in [0.1, 0.15) is 39.1 Å². The molecular formula is C38H38FN4O13PS2. The minimum atomic E-state index is -4.68. The number of thiophene rings is 1. The number of carbonyl (C=O) groups excluding carboxylic acids is 2. The van der Waals surface area contributed by atoms with Crippen LogP contribution in [-0.2, 0) is 14.6 Å². The second-order valence-corrected chi connectivity index (χ2v) is 17.2. The summed E-state index contributed by atoms with van der Waals surface area (Å²) in [7, 11) is -6.12. The van der Waals surface area contributed by atoms with Gasteiger partial charge in [0.15, 0.2) is 34.5 Å². The molecule has 0 spiro atoms. The molecule has 59 heavy (non-hydrogen) atoms. The maximum absolute atomic E-state index is 14.0. The SMILES string of the molecule is COc1ccc(C(=O)NCCCOc2cc3sc(S(=O)(=O)NCP(=O)(O)Oc4ccc(C#N)c(F)c4)cc3cc2OCCCNC(=O)c2ccc(O)c(O)c2)cc1OC. The lowest BCUT2D eigenvalue weighted by Gasteiger charge is -2.14. The van der Waals surface area contributed by atoms with Gasteiger partial charge in [-0.25, -0.2) is 17.4 Å². The number of sulfonamides is 1. The van der Waals surface area contributed by atoms with E-state index in [4.69, 9.17) is 28.7 Å². The van der Waals surface area contributed by atoms with Crippen LogP contribution in [0, 0.1) is 17.1 Å². The Morgan fingerprint density at radius 3 is 2.05 bits per heavy atom. The highest BCUT2D eigenvalue weighted by molar-refractivity contribution is 7.92. The van der Waals surface area contributed by atoms with Gasteiger partial charge in [-0.05, 0) is 78.9 Å². The molecule has 21 heteroatoms. The number of phenols is 2. The van der Waals surface area contributed by atoms with Crippen molar-refractivity contribution in [2.24, 2.45) is 0 Å². The number of benzene rings is 4. The predicted molar refractivity (Wildman–Crippen MR) is 213 cm³/mol. The highest BCUT2D eigenvalue weighted by Crippen LogP contribution is 2.43. The van der Waals surface area contributed by atoms with Crippen molar-refractivity contribution in [1.29, 1.82) is 5.26 Å². The van der Waals surface area contributed by atoms with E-state index in [2.05, 4.69) is 10.6 Å². The molecule has 0 radical (unpaired) electrons. The summed E-state index contributed by atoms with van der Waals surface area (Å²) < 4.78 is 82.9. The van der Waals surface area contributed by atoms with Crippen molar-refractivity contribution in [3.63, 3.8) is 0 Å². The van der Waals surface area contributed by atoms with Crippen LogP contribution in [0.25, 0.3) is 10.1 Å². The van der Waals surface area contributed by atoms with Gasteiger partial charge < -0.3 is 49.2 Å². The topological polar surface area (TPSA) is 252 Å². The average molecular weight is 873 g/mol. The van der Waals surface area contributed by atoms with Gasteiger partial charge in [0.05, 0.1) is 33.0 Å². The van der Waals surface area contributed by atoms with Crippen LogP contribution in [0.4, 0.5) is 4.39 Å². The number of halogens is 1. The number of nitrogens with zero attached hydrogens (tertiary/aromatic N) is 1. The summed E-state index contributed by atoms with van der Waals surface area (Å²) >= 11 is 0.838. The zero-order valence-corrected chi connectivity index (χ0v) is 33.9. The van der Waals surface area contributed by atoms with Crippen molar-refractivity contribution >= 4 is 50.9 Å². The van der Waals surface area contributed by atoms with E-state index < -0.39 is 41.4 Å². The normalized spacial score (nSPS) is 12.2. The molecule has 0 aliphatic carbocycles. The largest absolute Gasteiger partial charge is 0.504 e. The Morgan fingerprint density at radius 1 is 0.814 bits per heavy atom. The summed E-state index contributed by atoms with van der Waals surface area (Å²) in [5, 5.41) is 34.0. The highest BCUT2D eigenvalue weighted by atomic mass is 32.2. The molecule has 0 fully saturated rings. The number of rotatable bonds is 20. The Kier molecular flexibility index (Phi) is 14.6. The van der Waals surface area contributed by atoms with Gasteiger partial charge in [0.1, 0.15) is 28.1 Å². The first-order chi connectivity index (χ1) is 28.1. The maximum Gasteiger partial charge on any atom is 0.391 e. The molecule has 1 heterocycles. The number of methoxy groups -OCH3 is 2. The fraction of sp³-hybridized carbons (Fsp3) is 0.237. The molecule has 4 aromatic carbocycles. The number of fused-ring (bicyclic) bond motifs is 1. The van der Waals surface area contributed by atoms with Crippen LogP contribution in [0.5, 0.6) is 40.2 Å². The fourth-order valence-electron chi connectivity index (χ4n) is 5.22. The van der Waals surface area contributed by atoms with Crippen molar-refractivity contribution in [3.05, 3.63) is 95.3 Å². The van der Waals surface area contributed by atoms with E-state index in [9.17, 15) is 42.1 Å². The Bertz CT molecular complexity index is 2550. The molecule has 2 amide bonds. The third kappa shape index (κ3) is 11.7. The molecule has 17 nitrogen and oxygen atoms in total. The van der Waals surface area contributed by atoms with Crippen LogP contribution in [0.2, 0.25) is 0 Å². The van der Waals surface area contributed by atoms with E-state index in [1.54, 1.807) is 36.4 Å². The van der Waals surface area contributed by atoms with Gasteiger partial charge in [0.25, 0.3) is 21.8 Å². The zero-order chi connectivity index (χ0) is 42.7. The molecule has 1 atom stereocenters. The lowest BCUT2D eigenvalue weighted by atomic mass is 10.2. The smallest absolute Gasteiger partial charge is 0.391 e. The third-order valence-electron chi connectivity index (χ3n) is 8.20. The number of nitrogens with one attached hydrogen (secondary N) is 3. The molecule has 0 aliphatic heterocycles. The van der Waals surface area contributed by atoms with Crippen LogP contribution >= 0.6 is 18.9 Å². The second-order valence-electron chi connectivity index (χ2n) is 12.4. The Balaban J connectivity index is 1.24. The molecule has 0 aliphatic rings. The van der Waals surface area contributed by atoms with E-state index >= 15 is 0 Å². The summed E-state index contributed by atoms with van der Waals surface area (Å²) in [4.78, 5) is 35.5. The fourth-order valence-corrected chi connectivity index (χ4v) is 9.17. The predicted octanol–water partition coefficient (Wildman–Crippen LogP) is 5.24. The summed E-state index contributed by atoms with van der Waals surface area (Å²) in [6.45, 7) is 0.589. The number of nitriles is 1. The van der Waals surface area contributed by atoms with E-state index in [0.717, 1.165) is 35.6 Å². The van der Waals surface area contributed by atoms with Crippen LogP contribution < -0.4 is 38.8 Å². The highest BCUT2D eigenvalue weighted by Gasteiger charge is 2.27. The molecule has 6 N–H and O–H groups in total. The average Bonchev–Trinajstić information content (AvgIpc) is 3.64. The Labute approximate surface area is 341 Å². The quantitative estimate of drug-likeness (QED) is 0.0333. The maximum atomic E-state index is 14.0. The van der Waals surface area contributed by atoms with Gasteiger partial charge in [-0.2, -0.15) is 9.98 Å².